The van der Waals surface area contributed by atoms with Gasteiger partial charge in [0.05, 0.1) is 26.4 Å². The van der Waals surface area contributed by atoms with E-state index in [1.807, 2.05) is 0 Å². The first-order valence-electron chi connectivity index (χ1n) is 26.8. The van der Waals surface area contributed by atoms with E-state index in [2.05, 4.69) is 60.1 Å². The largest absolute Gasteiger partial charge is 0.469 e. The number of carbonyl (C=O) groups excluding carboxylic acids is 2. The van der Waals surface area contributed by atoms with Crippen LogP contribution in [-0.4, -0.2) is 70.6 Å². The van der Waals surface area contributed by atoms with E-state index >= 15 is 0 Å². The first-order valence-corrected chi connectivity index (χ1v) is 27.4. The van der Waals surface area contributed by atoms with Crippen molar-refractivity contribution < 1.29 is 38.4 Å². The van der Waals surface area contributed by atoms with E-state index in [1.54, 1.807) is 14.2 Å². The van der Waals surface area contributed by atoms with Crippen LogP contribution < -0.4 is 0 Å². The van der Waals surface area contributed by atoms with E-state index in [9.17, 15) is 14.7 Å². The van der Waals surface area contributed by atoms with Crippen molar-refractivity contribution in [3.63, 3.8) is 0 Å². The molecule has 20 atom stereocenters. The summed E-state index contributed by atoms with van der Waals surface area (Å²) in [6.45, 7) is 20.4. The number of methoxy groups -OCH3 is 4. The molecule has 0 radical (unpaired) electrons. The van der Waals surface area contributed by atoms with Crippen LogP contribution in [0, 0.1) is 105 Å². The second kappa shape index (κ2) is 22.4. The Kier molecular flexibility index (Phi) is 18.4. The Morgan fingerprint density at radius 3 is 1.45 bits per heavy atom. The normalized spacial score (nSPS) is 45.8. The van der Waals surface area contributed by atoms with Crippen molar-refractivity contribution in [3.05, 3.63) is 0 Å². The first-order chi connectivity index (χ1) is 30.9. The van der Waals surface area contributed by atoms with Gasteiger partial charge in [-0.25, -0.2) is 0 Å². The maximum Gasteiger partial charge on any atom is 0.305 e. The summed E-state index contributed by atoms with van der Waals surface area (Å²) in [6, 6.07) is 0.292. The number of aliphatic hydroxyl groups is 1. The molecule has 8 nitrogen and oxygen atoms in total. The maximum atomic E-state index is 11.8. The van der Waals surface area contributed by atoms with Crippen molar-refractivity contribution in [3.8, 4) is 0 Å². The van der Waals surface area contributed by atoms with Gasteiger partial charge < -0.3 is 28.8 Å². The highest BCUT2D eigenvalue weighted by atomic mass is 35.5. The summed E-state index contributed by atoms with van der Waals surface area (Å²) in [7, 11) is 6.30. The van der Waals surface area contributed by atoms with Crippen molar-refractivity contribution in [2.24, 2.45) is 105 Å². The molecule has 0 spiro atoms. The number of hydrogen-bond acceptors (Lipinski definition) is 8. The average molecular weight is 934 g/mol. The molecule has 0 bridgehead atoms. The van der Waals surface area contributed by atoms with Gasteiger partial charge in [-0.3, -0.25) is 9.59 Å². The van der Waals surface area contributed by atoms with Crippen LogP contribution in [0.5, 0.6) is 0 Å². The minimum absolute atomic E-state index is 0.0638. The molecule has 8 aliphatic rings. The molecule has 0 aromatic heterocycles. The number of fused-ring (bicyclic) bond motifs is 10. The van der Waals surface area contributed by atoms with Crippen molar-refractivity contribution in [1.29, 1.82) is 0 Å². The van der Waals surface area contributed by atoms with Gasteiger partial charge in [0, 0.05) is 27.1 Å². The van der Waals surface area contributed by atoms with E-state index < -0.39 is 0 Å². The molecule has 0 aliphatic heterocycles. The Balaban J connectivity index is 0.000000200. The Morgan fingerprint density at radius 1 is 0.585 bits per heavy atom. The van der Waals surface area contributed by atoms with E-state index in [4.69, 9.17) is 30.5 Å². The number of carbonyl (C=O) groups is 2. The van der Waals surface area contributed by atoms with Crippen molar-refractivity contribution in [2.45, 2.75) is 196 Å². The summed E-state index contributed by atoms with van der Waals surface area (Å²) in [4.78, 5) is 23.4. The lowest BCUT2D eigenvalue weighted by Gasteiger charge is -2.63. The van der Waals surface area contributed by atoms with Crippen LogP contribution in [0.25, 0.3) is 0 Å². The molecule has 65 heavy (non-hydrogen) atoms. The van der Waals surface area contributed by atoms with Crippen LogP contribution in [-0.2, 0) is 33.3 Å². The molecule has 6 unspecified atom stereocenters. The molecule has 8 rings (SSSR count). The van der Waals surface area contributed by atoms with Crippen LogP contribution in [0.1, 0.15) is 184 Å². The average Bonchev–Trinajstić information content (AvgIpc) is 3.84. The Bertz CT molecular complexity index is 1540. The SMILES string of the molecule is COC(=O)CC[C@@H](C)[C@H]1CCC2C3C(CC[C@@]21C)[C@@]1(C)CC[C@@H](C)C[C@H]1C[C@@H]3O.COCCl.COCO[C@H]1C[C@@H]2C[C@H](C)CC[C@]2(C)C2CC[C@@]3(C)C(CC[C@@H]3[C@H](C)CCC(=O)OC)C21. The fraction of sp³-hybridized carbons (Fsp3) is 0.964. The fourth-order valence-electron chi connectivity index (χ4n) is 18.4. The van der Waals surface area contributed by atoms with Gasteiger partial charge in [-0.2, -0.15) is 0 Å². The van der Waals surface area contributed by atoms with E-state index in [0.29, 0.717) is 101 Å². The van der Waals surface area contributed by atoms with Gasteiger partial charge in [0.25, 0.3) is 0 Å². The lowest BCUT2D eigenvalue weighted by molar-refractivity contribution is -0.204. The highest BCUT2D eigenvalue weighted by Gasteiger charge is 2.65. The van der Waals surface area contributed by atoms with Crippen LogP contribution in [0.2, 0.25) is 0 Å². The van der Waals surface area contributed by atoms with Gasteiger partial charge in [0.15, 0.2) is 0 Å². The molecule has 1 N–H and O–H groups in total. The molecule has 0 aromatic carbocycles. The standard InChI is InChI=1S/C28H48O4.C26H44O3.C2H5ClO/c1-18-11-13-27(3)20(15-18)16-24(32-17-30-5)26-22-9-8-21(19(2)7-10-25(29)31-6)28(22,4)14-12-23(26)27;1-16-10-12-25(3)18(14-16)15-22(27)24-20-8-7-19(17(2)6-9-23(28)29-5)26(20,4)13-11-21(24)25;1-4-2-3/h18-24,26H,7-17H2,1-6H3;16-22,24,27H,6-15H2,1-5H3;2H2,1H3/t18-,19-,20+,21-,22?,23?,24+,26?,27+,28-;16-,17-,18+,19-,20?,21?,22+,24?,25+,26-;/m11./s1. The van der Waals surface area contributed by atoms with Gasteiger partial charge >= 0.3 is 11.9 Å². The van der Waals surface area contributed by atoms with Gasteiger partial charge in [-0.05, 0) is 207 Å². The Morgan fingerprint density at radius 2 is 1.00 bits per heavy atom. The van der Waals surface area contributed by atoms with E-state index in [1.165, 1.54) is 111 Å². The second-order valence-corrected chi connectivity index (χ2v) is 25.2. The highest BCUT2D eigenvalue weighted by Crippen LogP contribution is 2.70. The number of esters is 2. The molecular weight excluding hydrogens is 836 g/mol. The lowest BCUT2D eigenvalue weighted by atomic mass is 9.43. The molecule has 0 saturated heterocycles. The molecule has 9 heteroatoms. The Labute approximate surface area is 402 Å². The topological polar surface area (TPSA) is 101 Å². The van der Waals surface area contributed by atoms with Crippen LogP contribution in [0.15, 0.2) is 0 Å². The smallest absolute Gasteiger partial charge is 0.305 e. The zero-order chi connectivity index (χ0) is 47.5. The minimum atomic E-state index is -0.0999. The third kappa shape index (κ3) is 10.7. The molecule has 0 amide bonds. The summed E-state index contributed by atoms with van der Waals surface area (Å²) in [5, 5.41) is 11.4. The second-order valence-electron chi connectivity index (χ2n) is 24.9. The van der Waals surface area contributed by atoms with Gasteiger partial charge in [-0.15, -0.1) is 0 Å². The third-order valence-electron chi connectivity index (χ3n) is 22.0. The van der Waals surface area contributed by atoms with Gasteiger partial charge in [0.2, 0.25) is 0 Å². The van der Waals surface area contributed by atoms with Crippen LogP contribution >= 0.6 is 11.6 Å². The number of rotatable bonds is 12. The molecule has 0 aromatic rings. The minimum Gasteiger partial charge on any atom is -0.469 e. The predicted octanol–water partition coefficient (Wildman–Crippen LogP) is 13.1. The summed E-state index contributed by atoms with van der Waals surface area (Å²) in [5.74, 6) is 9.66. The quantitative estimate of drug-likeness (QED) is 0.117. The third-order valence-corrected chi connectivity index (χ3v) is 22.2. The maximum absolute atomic E-state index is 11.8. The Hall–Kier alpha value is -0.930. The molecule has 8 saturated carbocycles. The summed E-state index contributed by atoms with van der Waals surface area (Å²) in [5.41, 5.74) is 1.64. The summed E-state index contributed by atoms with van der Waals surface area (Å²) >= 11 is 4.96. The van der Waals surface area contributed by atoms with Crippen molar-refractivity contribution in [1.82, 2.24) is 0 Å². The number of alkyl halides is 1. The van der Waals surface area contributed by atoms with E-state index in [-0.39, 0.29) is 18.0 Å². The van der Waals surface area contributed by atoms with Crippen molar-refractivity contribution >= 4 is 23.5 Å². The zero-order valence-corrected chi connectivity index (χ0v) is 44.2. The highest BCUT2D eigenvalue weighted by molar-refractivity contribution is 6.17. The van der Waals surface area contributed by atoms with Crippen molar-refractivity contribution in [2.75, 3.05) is 41.3 Å². The van der Waals surface area contributed by atoms with E-state index in [0.717, 1.165) is 54.8 Å². The first kappa shape index (κ1) is 53.4. The summed E-state index contributed by atoms with van der Waals surface area (Å²) in [6.07, 6.45) is 24.2. The number of ether oxygens (including phenoxy) is 5. The number of halogens is 1. The van der Waals surface area contributed by atoms with Gasteiger partial charge in [0.1, 0.15) is 12.9 Å². The fourth-order valence-corrected chi connectivity index (χ4v) is 18.4. The number of aliphatic hydroxyl groups excluding tert-OH is 1. The van der Waals surface area contributed by atoms with Gasteiger partial charge in [-0.1, -0.05) is 79.8 Å². The molecule has 376 valence electrons. The lowest BCUT2D eigenvalue weighted by Crippen LogP contribution is -2.58. The molecule has 8 aliphatic carbocycles. The molecular formula is C56H97ClO8. The zero-order valence-electron chi connectivity index (χ0n) is 43.5. The summed E-state index contributed by atoms with van der Waals surface area (Å²) < 4.78 is 26.0. The molecule has 8 fully saturated rings. The van der Waals surface area contributed by atoms with Crippen LogP contribution in [0.3, 0.4) is 0 Å². The monoisotopic (exact) mass is 933 g/mol. The molecule has 0 heterocycles. The predicted molar refractivity (Wildman–Crippen MR) is 261 cm³/mol. The van der Waals surface area contributed by atoms with Crippen LogP contribution in [0.4, 0.5) is 0 Å². The number of hydrogen-bond donors (Lipinski definition) is 1.